The molecule has 108 valence electrons. The van der Waals surface area contributed by atoms with Gasteiger partial charge in [0.1, 0.15) is 5.76 Å². The molecule has 2 heterocycles. The predicted molar refractivity (Wildman–Crippen MR) is 78.6 cm³/mol. The number of anilines is 1. The lowest BCUT2D eigenvalue weighted by Gasteiger charge is -2.15. The molecule has 20 heavy (non-hydrogen) atoms. The molecule has 0 aliphatic heterocycles. The van der Waals surface area contributed by atoms with E-state index in [1.165, 1.54) is 16.2 Å². The molecule has 0 saturated carbocycles. The Morgan fingerprint density at radius 2 is 2.40 bits per heavy atom. The minimum atomic E-state index is -0.299. The number of fused-ring (bicyclic) bond motifs is 1. The number of nitrogens with one attached hydrogen (secondary N) is 1. The molecular weight excluding hydrogens is 300 g/mol. The summed E-state index contributed by atoms with van der Waals surface area (Å²) in [4.78, 5) is 17.5. The third kappa shape index (κ3) is 3.00. The second kappa shape index (κ2) is 5.90. The van der Waals surface area contributed by atoms with Gasteiger partial charge in [-0.15, -0.1) is 23.7 Å². The average Bonchev–Trinajstić information content (AvgIpc) is 2.94. The number of nitrogens with zero attached hydrogens (tertiary/aromatic N) is 2. The van der Waals surface area contributed by atoms with Crippen molar-refractivity contribution in [3.05, 3.63) is 28.1 Å². The summed E-state index contributed by atoms with van der Waals surface area (Å²) in [5.74, 6) is 0.307. The molecule has 3 N–H and O–H groups in total. The molecule has 8 heteroatoms. The van der Waals surface area contributed by atoms with Crippen LogP contribution in [-0.4, -0.2) is 22.1 Å². The van der Waals surface area contributed by atoms with Gasteiger partial charge >= 0.3 is 0 Å². The Hall–Kier alpha value is -1.44. The van der Waals surface area contributed by atoms with Gasteiger partial charge in [0.2, 0.25) is 0 Å². The fourth-order valence-electron chi connectivity index (χ4n) is 2.09. The summed E-state index contributed by atoms with van der Waals surface area (Å²) in [6.07, 6.45) is 2.67. The summed E-state index contributed by atoms with van der Waals surface area (Å²) in [7, 11) is 0. The minimum Gasteiger partial charge on any atom is -0.361 e. The van der Waals surface area contributed by atoms with Crippen LogP contribution in [0.25, 0.3) is 0 Å². The van der Waals surface area contributed by atoms with Crippen molar-refractivity contribution in [2.24, 2.45) is 5.73 Å². The molecule has 0 aromatic carbocycles. The fourth-order valence-corrected chi connectivity index (χ4v) is 3.18. The molecule has 0 saturated heterocycles. The Morgan fingerprint density at radius 3 is 3.10 bits per heavy atom. The lowest BCUT2D eigenvalue weighted by molar-refractivity contribution is 0.101. The van der Waals surface area contributed by atoms with Crippen LogP contribution >= 0.6 is 23.7 Å². The SMILES string of the molecule is Cc1cc(C(=O)Nc2nc3c(s2)C[C@@H](N)CC3)no1.Cl. The van der Waals surface area contributed by atoms with Crippen LogP contribution < -0.4 is 11.1 Å². The maximum absolute atomic E-state index is 11.9. The number of amides is 1. The lowest BCUT2D eigenvalue weighted by Crippen LogP contribution is -2.27. The van der Waals surface area contributed by atoms with Crippen molar-refractivity contribution in [1.82, 2.24) is 10.1 Å². The topological polar surface area (TPSA) is 94.0 Å². The normalized spacial score (nSPS) is 17.2. The molecule has 1 amide bonds. The molecule has 0 fully saturated rings. The second-order valence-electron chi connectivity index (χ2n) is 4.67. The molecule has 6 nitrogen and oxygen atoms in total. The molecule has 1 aliphatic carbocycles. The first-order chi connectivity index (χ1) is 9.11. The Bertz CT molecular complexity index is 625. The molecule has 0 spiro atoms. The smallest absolute Gasteiger partial charge is 0.279 e. The first-order valence-electron chi connectivity index (χ1n) is 6.10. The molecular formula is C12H15ClN4O2S. The quantitative estimate of drug-likeness (QED) is 0.883. The van der Waals surface area contributed by atoms with Crippen LogP contribution in [0.2, 0.25) is 0 Å². The third-order valence-corrected chi connectivity index (χ3v) is 4.09. The standard InChI is InChI=1S/C12H14N4O2S.ClH/c1-6-4-9(16-18-6)11(17)15-12-14-8-3-2-7(13)5-10(8)19-12;/h4,7H,2-3,5,13H2,1H3,(H,14,15,17);1H/t7-;/m0./s1. The molecule has 3 rings (SSSR count). The van der Waals surface area contributed by atoms with E-state index in [1.54, 1.807) is 13.0 Å². The monoisotopic (exact) mass is 314 g/mol. The van der Waals surface area contributed by atoms with Crippen LogP contribution in [0.3, 0.4) is 0 Å². The van der Waals surface area contributed by atoms with Crippen molar-refractivity contribution < 1.29 is 9.32 Å². The first kappa shape index (κ1) is 15.0. The van der Waals surface area contributed by atoms with Crippen molar-refractivity contribution in [2.45, 2.75) is 32.2 Å². The Labute approximate surface area is 126 Å². The number of thiazole rings is 1. The number of rotatable bonds is 2. The average molecular weight is 315 g/mol. The number of hydrogen-bond acceptors (Lipinski definition) is 6. The minimum absolute atomic E-state index is 0. The van der Waals surface area contributed by atoms with Crippen LogP contribution in [0.1, 0.15) is 33.2 Å². The zero-order chi connectivity index (χ0) is 13.4. The first-order valence-corrected chi connectivity index (χ1v) is 6.92. The van der Waals surface area contributed by atoms with E-state index >= 15 is 0 Å². The summed E-state index contributed by atoms with van der Waals surface area (Å²) in [5, 5.41) is 7.03. The zero-order valence-corrected chi connectivity index (χ0v) is 12.5. The van der Waals surface area contributed by atoms with Gasteiger partial charge in [-0.25, -0.2) is 4.98 Å². The van der Waals surface area contributed by atoms with Crippen molar-refractivity contribution in [2.75, 3.05) is 5.32 Å². The molecule has 1 atom stereocenters. The molecule has 2 aromatic heterocycles. The van der Waals surface area contributed by atoms with Crippen molar-refractivity contribution in [1.29, 1.82) is 0 Å². The molecule has 2 aromatic rings. The molecule has 0 bridgehead atoms. The number of aromatic nitrogens is 2. The number of aryl methyl sites for hydroxylation is 2. The van der Waals surface area contributed by atoms with Gasteiger partial charge in [0.25, 0.3) is 5.91 Å². The van der Waals surface area contributed by atoms with E-state index in [-0.39, 0.29) is 30.0 Å². The second-order valence-corrected chi connectivity index (χ2v) is 5.75. The molecule has 1 aliphatic rings. The molecule has 0 unspecified atom stereocenters. The van der Waals surface area contributed by atoms with E-state index < -0.39 is 0 Å². The summed E-state index contributed by atoms with van der Waals surface area (Å²) in [5.41, 5.74) is 7.24. The maximum Gasteiger partial charge on any atom is 0.279 e. The van der Waals surface area contributed by atoms with E-state index in [1.807, 2.05) is 0 Å². The lowest BCUT2D eigenvalue weighted by atomic mass is 9.99. The van der Waals surface area contributed by atoms with Gasteiger partial charge in [0.15, 0.2) is 10.8 Å². The fraction of sp³-hybridized carbons (Fsp3) is 0.417. The third-order valence-electron chi connectivity index (χ3n) is 3.06. The van der Waals surface area contributed by atoms with Crippen LogP contribution in [0.5, 0.6) is 0 Å². The maximum atomic E-state index is 11.9. The highest BCUT2D eigenvalue weighted by Crippen LogP contribution is 2.29. The summed E-state index contributed by atoms with van der Waals surface area (Å²) in [6.45, 7) is 1.74. The van der Waals surface area contributed by atoms with Gasteiger partial charge in [-0.05, 0) is 26.2 Å². The Kier molecular flexibility index (Phi) is 4.42. The van der Waals surface area contributed by atoms with Crippen molar-refractivity contribution in [3.8, 4) is 0 Å². The summed E-state index contributed by atoms with van der Waals surface area (Å²) < 4.78 is 4.87. The van der Waals surface area contributed by atoms with E-state index in [4.69, 9.17) is 10.3 Å². The number of halogens is 1. The predicted octanol–water partition coefficient (Wildman–Crippen LogP) is 1.93. The van der Waals surface area contributed by atoms with Gasteiger partial charge < -0.3 is 10.3 Å². The van der Waals surface area contributed by atoms with Crippen LogP contribution in [0.4, 0.5) is 5.13 Å². The zero-order valence-electron chi connectivity index (χ0n) is 10.9. The van der Waals surface area contributed by atoms with E-state index in [0.29, 0.717) is 10.9 Å². The number of hydrogen-bond donors (Lipinski definition) is 2. The number of nitrogens with two attached hydrogens (primary N) is 1. The summed E-state index contributed by atoms with van der Waals surface area (Å²) >= 11 is 1.49. The van der Waals surface area contributed by atoms with Gasteiger partial charge in [0.05, 0.1) is 5.69 Å². The van der Waals surface area contributed by atoms with Crippen LogP contribution in [0.15, 0.2) is 10.6 Å². The number of carbonyl (C=O) groups is 1. The molecule has 0 radical (unpaired) electrons. The van der Waals surface area contributed by atoms with Gasteiger partial charge in [-0.3, -0.25) is 10.1 Å². The van der Waals surface area contributed by atoms with Crippen molar-refractivity contribution in [3.63, 3.8) is 0 Å². The van der Waals surface area contributed by atoms with E-state index in [2.05, 4.69) is 15.5 Å². The largest absolute Gasteiger partial charge is 0.361 e. The van der Waals surface area contributed by atoms with Gasteiger partial charge in [-0.1, -0.05) is 5.16 Å². The van der Waals surface area contributed by atoms with Gasteiger partial charge in [0, 0.05) is 17.0 Å². The van der Waals surface area contributed by atoms with Crippen LogP contribution in [0, 0.1) is 6.92 Å². The highest BCUT2D eigenvalue weighted by molar-refractivity contribution is 7.15. The number of carbonyl (C=O) groups excluding carboxylic acids is 1. The van der Waals surface area contributed by atoms with E-state index in [0.717, 1.165) is 25.0 Å². The van der Waals surface area contributed by atoms with Crippen LogP contribution in [-0.2, 0) is 12.8 Å². The Balaban J connectivity index is 0.00000147. The van der Waals surface area contributed by atoms with E-state index in [9.17, 15) is 4.79 Å². The highest BCUT2D eigenvalue weighted by atomic mass is 35.5. The van der Waals surface area contributed by atoms with Crippen molar-refractivity contribution >= 4 is 34.8 Å². The highest BCUT2D eigenvalue weighted by Gasteiger charge is 2.21. The van der Waals surface area contributed by atoms with Gasteiger partial charge in [-0.2, -0.15) is 0 Å². The Morgan fingerprint density at radius 1 is 1.60 bits per heavy atom. The summed E-state index contributed by atoms with van der Waals surface area (Å²) in [6, 6.07) is 1.80.